The van der Waals surface area contributed by atoms with Gasteiger partial charge in [-0.25, -0.2) is 4.98 Å². The molecule has 0 bridgehead atoms. The Bertz CT molecular complexity index is 782. The first-order valence-corrected chi connectivity index (χ1v) is 8.59. The summed E-state index contributed by atoms with van der Waals surface area (Å²) in [7, 11) is 0. The van der Waals surface area contributed by atoms with E-state index in [9.17, 15) is 0 Å². The fraction of sp³-hybridized carbons (Fsp3) is 0.211. The number of nitrogen functional groups attached to an aromatic ring is 1. The topological polar surface area (TPSA) is 48.1 Å². The number of aromatic nitrogens is 1. The first-order chi connectivity index (χ1) is 11.2. The fourth-order valence-corrected chi connectivity index (χ4v) is 3.23. The number of rotatable bonds is 6. The average Bonchev–Trinajstić information content (AvgIpc) is 3.02. The van der Waals surface area contributed by atoms with Crippen molar-refractivity contribution in [3.05, 3.63) is 64.5 Å². The van der Waals surface area contributed by atoms with Crippen LogP contribution in [0.5, 0.6) is 5.75 Å². The fourth-order valence-electron chi connectivity index (χ4n) is 2.38. The molecule has 0 aliphatic heterocycles. The van der Waals surface area contributed by atoms with Gasteiger partial charge in [0.1, 0.15) is 5.75 Å². The van der Waals surface area contributed by atoms with Crippen molar-refractivity contribution >= 4 is 17.0 Å². The van der Waals surface area contributed by atoms with Gasteiger partial charge < -0.3 is 10.5 Å². The van der Waals surface area contributed by atoms with Crippen LogP contribution in [0.15, 0.2) is 53.9 Å². The quantitative estimate of drug-likeness (QED) is 0.527. The number of nitrogens with two attached hydrogens (primary N) is 1. The van der Waals surface area contributed by atoms with Crippen molar-refractivity contribution in [2.75, 3.05) is 12.3 Å². The molecule has 0 amide bonds. The van der Waals surface area contributed by atoms with Crippen molar-refractivity contribution < 1.29 is 4.74 Å². The summed E-state index contributed by atoms with van der Waals surface area (Å²) in [6.45, 7) is 2.77. The van der Waals surface area contributed by atoms with Crippen molar-refractivity contribution in [2.24, 2.45) is 0 Å². The van der Waals surface area contributed by atoms with Crippen molar-refractivity contribution in [1.29, 1.82) is 0 Å². The van der Waals surface area contributed by atoms with Crippen molar-refractivity contribution in [3.8, 4) is 17.0 Å². The lowest BCUT2D eigenvalue weighted by Gasteiger charge is -2.07. The number of hydrogen-bond donors (Lipinski definition) is 1. The summed E-state index contributed by atoms with van der Waals surface area (Å²) < 4.78 is 5.83. The zero-order chi connectivity index (χ0) is 16.1. The second kappa shape index (κ2) is 7.29. The van der Waals surface area contributed by atoms with Gasteiger partial charge in [0.15, 0.2) is 0 Å². The maximum Gasteiger partial charge on any atom is 0.122 e. The molecule has 0 spiro atoms. The highest BCUT2D eigenvalue weighted by molar-refractivity contribution is 7.09. The average molecular weight is 324 g/mol. The van der Waals surface area contributed by atoms with Gasteiger partial charge in [0.25, 0.3) is 0 Å². The molecule has 0 saturated carbocycles. The largest absolute Gasteiger partial charge is 0.493 e. The first kappa shape index (κ1) is 15.6. The zero-order valence-corrected chi connectivity index (χ0v) is 14.0. The minimum absolute atomic E-state index is 0.706. The highest BCUT2D eigenvalue weighted by Crippen LogP contribution is 2.24. The molecular formula is C19H20N2OS. The third kappa shape index (κ3) is 4.11. The second-order valence-corrected chi connectivity index (χ2v) is 6.41. The van der Waals surface area contributed by atoms with Gasteiger partial charge in [0.2, 0.25) is 0 Å². The molecular weight excluding hydrogens is 304 g/mol. The van der Waals surface area contributed by atoms with Crippen molar-refractivity contribution in [3.63, 3.8) is 0 Å². The summed E-state index contributed by atoms with van der Waals surface area (Å²) in [4.78, 5) is 4.69. The van der Waals surface area contributed by atoms with E-state index in [2.05, 4.69) is 18.4 Å². The predicted octanol–water partition coefficient (Wildman–Crippen LogP) is 4.71. The van der Waals surface area contributed by atoms with Crippen LogP contribution in [0.4, 0.5) is 5.69 Å². The number of aryl methyl sites for hydroxylation is 2. The Morgan fingerprint density at radius 2 is 2.00 bits per heavy atom. The van der Waals surface area contributed by atoms with Gasteiger partial charge in [-0.2, -0.15) is 0 Å². The number of anilines is 1. The number of thiazole rings is 1. The summed E-state index contributed by atoms with van der Waals surface area (Å²) in [5.41, 5.74) is 9.84. The minimum Gasteiger partial charge on any atom is -0.493 e. The van der Waals surface area contributed by atoms with E-state index in [0.717, 1.165) is 40.5 Å². The van der Waals surface area contributed by atoms with Crippen molar-refractivity contribution in [1.82, 2.24) is 4.98 Å². The predicted molar refractivity (Wildman–Crippen MR) is 97.0 cm³/mol. The molecule has 3 nitrogen and oxygen atoms in total. The lowest BCUT2D eigenvalue weighted by Crippen LogP contribution is -2.00. The Hall–Kier alpha value is -2.33. The normalized spacial score (nSPS) is 10.7. The second-order valence-electron chi connectivity index (χ2n) is 5.47. The Morgan fingerprint density at radius 3 is 2.83 bits per heavy atom. The van der Waals surface area contributed by atoms with Gasteiger partial charge in [0, 0.05) is 23.1 Å². The molecule has 0 aliphatic rings. The van der Waals surface area contributed by atoms with E-state index in [1.54, 1.807) is 11.3 Å². The molecule has 0 atom stereocenters. The van der Waals surface area contributed by atoms with E-state index in [1.165, 1.54) is 5.56 Å². The van der Waals surface area contributed by atoms with Gasteiger partial charge in [0.05, 0.1) is 17.3 Å². The minimum atomic E-state index is 0.706. The number of para-hydroxylation sites is 1. The van der Waals surface area contributed by atoms with Crippen molar-refractivity contribution in [2.45, 2.75) is 19.8 Å². The lowest BCUT2D eigenvalue weighted by atomic mass is 10.1. The molecule has 4 heteroatoms. The van der Waals surface area contributed by atoms with E-state index >= 15 is 0 Å². The number of nitrogens with zero attached hydrogens (tertiary/aromatic N) is 1. The van der Waals surface area contributed by atoms with Crippen LogP contribution in [-0.4, -0.2) is 11.6 Å². The van der Waals surface area contributed by atoms with Crippen LogP contribution >= 0.6 is 11.3 Å². The van der Waals surface area contributed by atoms with Crippen LogP contribution in [0, 0.1) is 6.92 Å². The Kier molecular flexibility index (Phi) is 4.93. The standard InChI is InChI=1S/C19H20N2OS/c1-14-6-2-3-9-18(14)22-11-5-10-19-21-17(13-23-19)15-7-4-8-16(20)12-15/h2-4,6-9,12-13H,5,10-11,20H2,1H3. The summed E-state index contributed by atoms with van der Waals surface area (Å²) in [6.07, 6.45) is 1.89. The molecule has 2 N–H and O–H groups in total. The Balaban J connectivity index is 1.53. The van der Waals surface area contributed by atoms with Gasteiger partial charge >= 0.3 is 0 Å². The maximum atomic E-state index is 5.83. The molecule has 0 radical (unpaired) electrons. The molecule has 2 aromatic carbocycles. The van der Waals surface area contributed by atoms with Crippen LogP contribution in [0.1, 0.15) is 17.0 Å². The van der Waals surface area contributed by atoms with Gasteiger partial charge in [-0.1, -0.05) is 30.3 Å². The van der Waals surface area contributed by atoms with Crippen LogP contribution in [0.3, 0.4) is 0 Å². The maximum absolute atomic E-state index is 5.83. The highest BCUT2D eigenvalue weighted by atomic mass is 32.1. The molecule has 118 valence electrons. The Labute approximate surface area is 140 Å². The number of hydrogen-bond acceptors (Lipinski definition) is 4. The zero-order valence-electron chi connectivity index (χ0n) is 13.2. The summed E-state index contributed by atoms with van der Waals surface area (Å²) in [5, 5.41) is 3.22. The molecule has 0 unspecified atom stereocenters. The number of benzene rings is 2. The lowest BCUT2D eigenvalue weighted by molar-refractivity contribution is 0.309. The Morgan fingerprint density at radius 1 is 1.13 bits per heavy atom. The SMILES string of the molecule is Cc1ccccc1OCCCc1nc(-c2cccc(N)c2)cs1. The first-order valence-electron chi connectivity index (χ1n) is 7.71. The van der Waals surface area contributed by atoms with E-state index in [-0.39, 0.29) is 0 Å². The van der Waals surface area contributed by atoms with E-state index in [0.29, 0.717) is 6.61 Å². The molecule has 1 aromatic heterocycles. The smallest absolute Gasteiger partial charge is 0.122 e. The van der Waals surface area contributed by atoms with E-state index in [1.807, 2.05) is 42.5 Å². The third-order valence-corrected chi connectivity index (χ3v) is 4.53. The molecule has 1 heterocycles. The molecule has 0 fully saturated rings. The molecule has 23 heavy (non-hydrogen) atoms. The van der Waals surface area contributed by atoms with Crippen LogP contribution < -0.4 is 10.5 Å². The van der Waals surface area contributed by atoms with Crippen LogP contribution in [0.25, 0.3) is 11.3 Å². The van der Waals surface area contributed by atoms with E-state index < -0.39 is 0 Å². The molecule has 0 saturated heterocycles. The number of ether oxygens (including phenoxy) is 1. The molecule has 3 aromatic rings. The summed E-state index contributed by atoms with van der Waals surface area (Å²) in [5.74, 6) is 0.965. The molecule has 3 rings (SSSR count). The van der Waals surface area contributed by atoms with E-state index in [4.69, 9.17) is 15.5 Å². The van der Waals surface area contributed by atoms with Crippen LogP contribution in [0.2, 0.25) is 0 Å². The third-order valence-electron chi connectivity index (χ3n) is 3.62. The van der Waals surface area contributed by atoms with Crippen LogP contribution in [-0.2, 0) is 6.42 Å². The monoisotopic (exact) mass is 324 g/mol. The summed E-state index contributed by atoms with van der Waals surface area (Å²) in [6, 6.07) is 15.9. The van der Waals surface area contributed by atoms with Gasteiger partial charge in [-0.3, -0.25) is 0 Å². The van der Waals surface area contributed by atoms with Gasteiger partial charge in [-0.15, -0.1) is 11.3 Å². The highest BCUT2D eigenvalue weighted by Gasteiger charge is 2.05. The summed E-state index contributed by atoms with van der Waals surface area (Å²) >= 11 is 1.69. The van der Waals surface area contributed by atoms with Gasteiger partial charge in [-0.05, 0) is 37.1 Å². The molecule has 0 aliphatic carbocycles.